The van der Waals surface area contributed by atoms with E-state index in [1.807, 2.05) is 54.6 Å². The fraction of sp³-hybridized carbons (Fsp3) is 0.0625. The van der Waals surface area contributed by atoms with Gasteiger partial charge in [-0.3, -0.25) is 4.98 Å². The Morgan fingerprint density at radius 2 is 1.68 bits per heavy atom. The number of rotatable bonds is 3. The molecule has 0 aliphatic heterocycles. The summed E-state index contributed by atoms with van der Waals surface area (Å²) in [5, 5.41) is 10.3. The van der Waals surface area contributed by atoms with Crippen LogP contribution in [0.15, 0.2) is 60.8 Å². The van der Waals surface area contributed by atoms with Crippen molar-refractivity contribution in [3.63, 3.8) is 0 Å². The highest BCUT2D eigenvalue weighted by atomic mass is 16.5. The number of nitrogens with zero attached hydrogens (tertiary/aromatic N) is 1. The van der Waals surface area contributed by atoms with E-state index in [2.05, 4.69) is 4.98 Å². The summed E-state index contributed by atoms with van der Waals surface area (Å²) < 4.78 is 5.91. The first-order valence-corrected chi connectivity index (χ1v) is 6.09. The van der Waals surface area contributed by atoms with E-state index in [9.17, 15) is 5.11 Å². The number of benzene rings is 2. The normalized spacial score (nSPS) is 10.6. The number of aliphatic hydroxyl groups excluding tert-OH is 1. The highest BCUT2D eigenvalue weighted by Gasteiger charge is 2.06. The van der Waals surface area contributed by atoms with E-state index in [-0.39, 0.29) is 6.61 Å². The molecule has 19 heavy (non-hydrogen) atoms. The van der Waals surface area contributed by atoms with Gasteiger partial charge in [0.05, 0.1) is 12.1 Å². The number of pyridine rings is 1. The lowest BCUT2D eigenvalue weighted by molar-refractivity contribution is 0.276. The van der Waals surface area contributed by atoms with Crippen molar-refractivity contribution in [2.24, 2.45) is 0 Å². The molecule has 2 aromatic carbocycles. The number of para-hydroxylation sites is 2. The molecule has 0 bridgehead atoms. The molecule has 0 aliphatic carbocycles. The number of hydrogen-bond donors (Lipinski definition) is 1. The highest BCUT2D eigenvalue weighted by molar-refractivity contribution is 5.84. The first-order chi connectivity index (χ1) is 9.38. The zero-order valence-corrected chi connectivity index (χ0v) is 10.3. The van der Waals surface area contributed by atoms with Crippen LogP contribution in [-0.2, 0) is 6.61 Å². The minimum Gasteiger partial charge on any atom is -0.456 e. The van der Waals surface area contributed by atoms with Gasteiger partial charge in [0.25, 0.3) is 0 Å². The van der Waals surface area contributed by atoms with Crippen LogP contribution in [-0.4, -0.2) is 10.1 Å². The summed E-state index contributed by atoms with van der Waals surface area (Å²) in [6.07, 6.45) is 1.72. The van der Waals surface area contributed by atoms with Gasteiger partial charge in [0.1, 0.15) is 11.5 Å². The molecule has 0 spiro atoms. The van der Waals surface area contributed by atoms with E-state index in [1.54, 1.807) is 6.20 Å². The third-order valence-electron chi connectivity index (χ3n) is 2.97. The van der Waals surface area contributed by atoms with Gasteiger partial charge in [0.15, 0.2) is 0 Å². The van der Waals surface area contributed by atoms with Gasteiger partial charge in [-0.05, 0) is 24.3 Å². The lowest BCUT2D eigenvalue weighted by Crippen LogP contribution is -1.92. The van der Waals surface area contributed by atoms with Crippen LogP contribution in [0.2, 0.25) is 0 Å². The number of aliphatic hydroxyl groups is 1. The first-order valence-electron chi connectivity index (χ1n) is 6.09. The van der Waals surface area contributed by atoms with Gasteiger partial charge in [-0.2, -0.15) is 0 Å². The summed E-state index contributed by atoms with van der Waals surface area (Å²) in [5.41, 5.74) is 1.66. The van der Waals surface area contributed by atoms with Gasteiger partial charge < -0.3 is 9.84 Å². The standard InChI is InChI=1S/C16H13NO2/c18-11-12-5-1-4-8-15(12)19-16-9-10-17-14-7-3-2-6-13(14)16/h1-10,18H,11H2. The summed E-state index contributed by atoms with van der Waals surface area (Å²) in [7, 11) is 0. The average molecular weight is 251 g/mol. The molecule has 3 rings (SSSR count). The molecule has 0 saturated carbocycles. The molecule has 0 atom stereocenters. The van der Waals surface area contributed by atoms with Crippen LogP contribution < -0.4 is 4.74 Å². The van der Waals surface area contributed by atoms with Gasteiger partial charge >= 0.3 is 0 Å². The van der Waals surface area contributed by atoms with Crippen LogP contribution >= 0.6 is 0 Å². The molecule has 3 heteroatoms. The monoisotopic (exact) mass is 251 g/mol. The molecular formula is C16H13NO2. The molecule has 0 saturated heterocycles. The molecule has 1 aromatic heterocycles. The average Bonchev–Trinajstić information content (AvgIpc) is 2.48. The first kappa shape index (κ1) is 11.7. The number of hydrogen-bond acceptors (Lipinski definition) is 3. The zero-order valence-electron chi connectivity index (χ0n) is 10.3. The Hall–Kier alpha value is -2.39. The molecule has 3 aromatic rings. The van der Waals surface area contributed by atoms with Gasteiger partial charge in [-0.1, -0.05) is 30.3 Å². The lowest BCUT2D eigenvalue weighted by atomic mass is 10.2. The molecule has 0 unspecified atom stereocenters. The third-order valence-corrected chi connectivity index (χ3v) is 2.97. The smallest absolute Gasteiger partial charge is 0.138 e. The van der Waals surface area contributed by atoms with Gasteiger partial charge in [0, 0.05) is 17.1 Å². The number of aromatic nitrogens is 1. The molecule has 0 fully saturated rings. The molecule has 1 N–H and O–H groups in total. The molecule has 0 amide bonds. The van der Waals surface area contributed by atoms with Crippen LogP contribution in [0.1, 0.15) is 5.56 Å². The Morgan fingerprint density at radius 3 is 2.58 bits per heavy atom. The summed E-state index contributed by atoms with van der Waals surface area (Å²) in [6.45, 7) is -0.0425. The lowest BCUT2D eigenvalue weighted by Gasteiger charge is -2.11. The van der Waals surface area contributed by atoms with Crippen molar-refractivity contribution in [2.75, 3.05) is 0 Å². The van der Waals surface area contributed by atoms with Gasteiger partial charge in [-0.25, -0.2) is 0 Å². The summed E-state index contributed by atoms with van der Waals surface area (Å²) in [5.74, 6) is 1.41. The predicted octanol–water partition coefficient (Wildman–Crippen LogP) is 3.52. The van der Waals surface area contributed by atoms with Crippen molar-refractivity contribution in [3.05, 3.63) is 66.4 Å². The van der Waals surface area contributed by atoms with Crippen molar-refractivity contribution in [1.29, 1.82) is 0 Å². The summed E-state index contributed by atoms with van der Waals surface area (Å²) in [4.78, 5) is 4.30. The van der Waals surface area contributed by atoms with E-state index in [0.29, 0.717) is 5.75 Å². The maximum atomic E-state index is 9.32. The van der Waals surface area contributed by atoms with Crippen LogP contribution in [0.4, 0.5) is 0 Å². The quantitative estimate of drug-likeness (QED) is 0.774. The molecule has 1 heterocycles. The molecular weight excluding hydrogens is 238 g/mol. The summed E-state index contributed by atoms with van der Waals surface area (Å²) in [6, 6.07) is 17.1. The predicted molar refractivity (Wildman–Crippen MR) is 74.2 cm³/mol. The van der Waals surface area contributed by atoms with Crippen LogP contribution in [0.25, 0.3) is 10.9 Å². The van der Waals surface area contributed by atoms with Crippen LogP contribution in [0, 0.1) is 0 Å². The number of fused-ring (bicyclic) bond motifs is 1. The Kier molecular flexibility index (Phi) is 3.12. The zero-order chi connectivity index (χ0) is 13.1. The van der Waals surface area contributed by atoms with E-state index in [4.69, 9.17) is 4.74 Å². The maximum Gasteiger partial charge on any atom is 0.138 e. The second-order valence-corrected chi connectivity index (χ2v) is 4.19. The Morgan fingerprint density at radius 1 is 0.895 bits per heavy atom. The minimum atomic E-state index is -0.0425. The largest absolute Gasteiger partial charge is 0.456 e. The van der Waals surface area contributed by atoms with Crippen LogP contribution in [0.3, 0.4) is 0 Å². The Balaban J connectivity index is 2.06. The van der Waals surface area contributed by atoms with E-state index < -0.39 is 0 Å². The van der Waals surface area contributed by atoms with E-state index in [0.717, 1.165) is 22.2 Å². The fourth-order valence-corrected chi connectivity index (χ4v) is 2.01. The second-order valence-electron chi connectivity index (χ2n) is 4.19. The van der Waals surface area contributed by atoms with Gasteiger partial charge in [-0.15, -0.1) is 0 Å². The molecule has 3 nitrogen and oxygen atoms in total. The Bertz CT molecular complexity index is 704. The Labute approximate surface area is 111 Å². The topological polar surface area (TPSA) is 42.4 Å². The molecule has 0 radical (unpaired) electrons. The van der Waals surface area contributed by atoms with E-state index in [1.165, 1.54) is 0 Å². The molecule has 94 valence electrons. The minimum absolute atomic E-state index is 0.0425. The highest BCUT2D eigenvalue weighted by Crippen LogP contribution is 2.30. The van der Waals surface area contributed by atoms with Gasteiger partial charge in [0.2, 0.25) is 0 Å². The fourth-order valence-electron chi connectivity index (χ4n) is 2.01. The van der Waals surface area contributed by atoms with Crippen molar-refractivity contribution in [3.8, 4) is 11.5 Å². The summed E-state index contributed by atoms with van der Waals surface area (Å²) >= 11 is 0. The van der Waals surface area contributed by atoms with Crippen molar-refractivity contribution in [1.82, 2.24) is 4.98 Å². The van der Waals surface area contributed by atoms with Crippen LogP contribution in [0.5, 0.6) is 11.5 Å². The van der Waals surface area contributed by atoms with E-state index >= 15 is 0 Å². The van der Waals surface area contributed by atoms with Crippen molar-refractivity contribution >= 4 is 10.9 Å². The maximum absolute atomic E-state index is 9.32. The second kappa shape index (κ2) is 5.08. The van der Waals surface area contributed by atoms with Crippen molar-refractivity contribution in [2.45, 2.75) is 6.61 Å². The number of ether oxygens (including phenoxy) is 1. The third kappa shape index (κ3) is 2.28. The van der Waals surface area contributed by atoms with Crippen molar-refractivity contribution < 1.29 is 9.84 Å². The molecule has 0 aliphatic rings. The SMILES string of the molecule is OCc1ccccc1Oc1ccnc2ccccc12.